The third kappa shape index (κ3) is 4.52. The van der Waals surface area contributed by atoms with Gasteiger partial charge < -0.3 is 24.3 Å². The van der Waals surface area contributed by atoms with Crippen LogP contribution in [0.4, 0.5) is 5.69 Å². The number of amides is 1. The number of carbonyl (C=O) groups excluding carboxylic acids is 3. The zero-order chi connectivity index (χ0) is 20.1. The molecule has 0 saturated heterocycles. The van der Waals surface area contributed by atoms with Crippen molar-refractivity contribution in [2.24, 2.45) is 0 Å². The third-order valence-corrected chi connectivity index (χ3v) is 4.02. The number of carbonyl (C=O) groups is 3. The summed E-state index contributed by atoms with van der Waals surface area (Å²) in [5.41, 5.74) is 0.782. The highest BCUT2D eigenvalue weighted by Crippen LogP contribution is 2.38. The van der Waals surface area contributed by atoms with E-state index in [1.54, 1.807) is 18.2 Å². The first-order valence-corrected chi connectivity index (χ1v) is 8.60. The molecule has 0 aliphatic carbocycles. The summed E-state index contributed by atoms with van der Waals surface area (Å²) < 4.78 is 20.4. The van der Waals surface area contributed by atoms with Crippen LogP contribution >= 0.6 is 11.6 Å². The van der Waals surface area contributed by atoms with Gasteiger partial charge in [0.25, 0.3) is 5.91 Å². The number of ether oxygens (including phenoxy) is 4. The van der Waals surface area contributed by atoms with Gasteiger partial charge in [0.15, 0.2) is 18.1 Å². The Kier molecular flexibility index (Phi) is 6.00. The molecule has 2 aromatic carbocycles. The lowest BCUT2D eigenvalue weighted by atomic mass is 10.2. The summed E-state index contributed by atoms with van der Waals surface area (Å²) in [6.45, 7) is 0.191. The van der Waals surface area contributed by atoms with E-state index in [9.17, 15) is 14.4 Å². The molecule has 8 nitrogen and oxygen atoms in total. The molecule has 1 heterocycles. The van der Waals surface area contributed by atoms with Gasteiger partial charge in [-0.2, -0.15) is 0 Å². The van der Waals surface area contributed by atoms with E-state index in [1.165, 1.54) is 25.3 Å². The van der Waals surface area contributed by atoms with Crippen molar-refractivity contribution < 1.29 is 33.3 Å². The fourth-order valence-corrected chi connectivity index (χ4v) is 2.75. The Hall–Kier alpha value is -3.26. The number of methoxy groups -OCH3 is 1. The molecule has 0 bridgehead atoms. The van der Waals surface area contributed by atoms with Crippen LogP contribution in [0.2, 0.25) is 5.02 Å². The molecule has 1 amide bonds. The molecule has 0 spiro atoms. The number of fused-ring (bicyclic) bond motifs is 1. The van der Waals surface area contributed by atoms with Crippen LogP contribution in [0.3, 0.4) is 0 Å². The summed E-state index contributed by atoms with van der Waals surface area (Å²) in [5, 5.41) is 2.75. The molecule has 0 unspecified atom stereocenters. The molecular formula is C19H16ClNO7. The highest BCUT2D eigenvalue weighted by molar-refractivity contribution is 6.32. The van der Waals surface area contributed by atoms with E-state index < -0.39 is 24.5 Å². The van der Waals surface area contributed by atoms with Crippen molar-refractivity contribution >= 4 is 35.1 Å². The van der Waals surface area contributed by atoms with Crippen LogP contribution < -0.4 is 14.8 Å². The Morgan fingerprint density at radius 1 is 1.07 bits per heavy atom. The molecular weight excluding hydrogens is 390 g/mol. The highest BCUT2D eigenvalue weighted by atomic mass is 35.5. The SMILES string of the molecule is COC(=O)c1cccc(NC(=O)COC(=O)c2cc(Cl)c3c(c2)OCCO3)c1. The molecule has 1 aliphatic rings. The second kappa shape index (κ2) is 8.62. The predicted molar refractivity (Wildman–Crippen MR) is 99.1 cm³/mol. The predicted octanol–water partition coefficient (Wildman–Crippen LogP) is 2.69. The minimum atomic E-state index is -0.739. The van der Waals surface area contributed by atoms with Crippen LogP contribution in [0.5, 0.6) is 11.5 Å². The quantitative estimate of drug-likeness (QED) is 0.763. The number of hydrogen-bond donors (Lipinski definition) is 1. The Morgan fingerprint density at radius 2 is 1.86 bits per heavy atom. The van der Waals surface area contributed by atoms with Crippen LogP contribution in [-0.2, 0) is 14.3 Å². The first-order valence-electron chi connectivity index (χ1n) is 8.22. The maximum Gasteiger partial charge on any atom is 0.338 e. The highest BCUT2D eigenvalue weighted by Gasteiger charge is 2.20. The van der Waals surface area contributed by atoms with Crippen LogP contribution in [-0.4, -0.2) is 44.8 Å². The fourth-order valence-electron chi connectivity index (χ4n) is 2.48. The van der Waals surface area contributed by atoms with Gasteiger partial charge in [0, 0.05) is 5.69 Å². The molecule has 0 fully saturated rings. The fraction of sp³-hybridized carbons (Fsp3) is 0.211. The molecule has 3 rings (SSSR count). The summed E-state index contributed by atoms with van der Waals surface area (Å²) in [6, 6.07) is 9.01. The van der Waals surface area contributed by atoms with Gasteiger partial charge in [-0.15, -0.1) is 0 Å². The molecule has 146 valence electrons. The van der Waals surface area contributed by atoms with E-state index in [1.807, 2.05) is 0 Å². The van der Waals surface area contributed by atoms with Gasteiger partial charge in [0.2, 0.25) is 0 Å². The van der Waals surface area contributed by atoms with E-state index in [2.05, 4.69) is 10.1 Å². The van der Waals surface area contributed by atoms with Gasteiger partial charge in [0.1, 0.15) is 13.2 Å². The van der Waals surface area contributed by atoms with Crippen molar-refractivity contribution in [1.82, 2.24) is 0 Å². The standard InChI is InChI=1S/C19H16ClNO7/c1-25-18(23)11-3-2-4-13(7-11)21-16(22)10-28-19(24)12-8-14(20)17-15(9-12)26-5-6-27-17/h2-4,7-9H,5-6,10H2,1H3,(H,21,22). The van der Waals surface area contributed by atoms with Gasteiger partial charge in [-0.1, -0.05) is 17.7 Å². The topological polar surface area (TPSA) is 100 Å². The minimum absolute atomic E-state index is 0.134. The zero-order valence-electron chi connectivity index (χ0n) is 14.8. The van der Waals surface area contributed by atoms with Crippen LogP contribution in [0.1, 0.15) is 20.7 Å². The smallest absolute Gasteiger partial charge is 0.338 e. The Balaban J connectivity index is 1.60. The van der Waals surface area contributed by atoms with E-state index in [4.69, 9.17) is 25.8 Å². The minimum Gasteiger partial charge on any atom is -0.486 e. The molecule has 1 N–H and O–H groups in total. The summed E-state index contributed by atoms with van der Waals surface area (Å²) in [6.07, 6.45) is 0. The molecule has 0 saturated carbocycles. The van der Waals surface area contributed by atoms with Gasteiger partial charge in [-0.05, 0) is 30.3 Å². The number of rotatable bonds is 5. The maximum atomic E-state index is 12.2. The Bertz CT molecular complexity index is 928. The average molecular weight is 406 g/mol. The molecule has 9 heteroatoms. The summed E-state index contributed by atoms with van der Waals surface area (Å²) >= 11 is 6.08. The van der Waals surface area contributed by atoms with Gasteiger partial charge in [0.05, 0.1) is 23.3 Å². The van der Waals surface area contributed by atoms with Crippen molar-refractivity contribution in [3.8, 4) is 11.5 Å². The van der Waals surface area contributed by atoms with E-state index >= 15 is 0 Å². The second-order valence-corrected chi connectivity index (χ2v) is 6.09. The van der Waals surface area contributed by atoms with Crippen LogP contribution in [0, 0.1) is 0 Å². The number of halogens is 1. The average Bonchev–Trinajstić information content (AvgIpc) is 2.71. The second-order valence-electron chi connectivity index (χ2n) is 5.68. The van der Waals surface area contributed by atoms with Gasteiger partial charge in [-0.3, -0.25) is 4.79 Å². The van der Waals surface area contributed by atoms with Crippen LogP contribution in [0.15, 0.2) is 36.4 Å². The van der Waals surface area contributed by atoms with Crippen molar-refractivity contribution in [3.05, 3.63) is 52.5 Å². The molecule has 0 atom stereocenters. The summed E-state index contributed by atoms with van der Waals surface area (Å²) in [4.78, 5) is 35.7. The molecule has 0 aromatic heterocycles. The summed E-state index contributed by atoms with van der Waals surface area (Å²) in [7, 11) is 1.26. The van der Waals surface area contributed by atoms with Gasteiger partial charge in [-0.25, -0.2) is 9.59 Å². The lowest BCUT2D eigenvalue weighted by Gasteiger charge is -2.19. The molecule has 1 aliphatic heterocycles. The maximum absolute atomic E-state index is 12.2. The largest absolute Gasteiger partial charge is 0.486 e. The number of esters is 2. The number of nitrogens with one attached hydrogen (secondary N) is 1. The van der Waals surface area contributed by atoms with E-state index in [0.717, 1.165) is 0 Å². The first-order chi connectivity index (χ1) is 13.5. The molecule has 28 heavy (non-hydrogen) atoms. The van der Waals surface area contributed by atoms with E-state index in [-0.39, 0.29) is 16.1 Å². The van der Waals surface area contributed by atoms with Crippen molar-refractivity contribution in [1.29, 1.82) is 0 Å². The number of benzene rings is 2. The third-order valence-electron chi connectivity index (χ3n) is 3.73. The van der Waals surface area contributed by atoms with Crippen molar-refractivity contribution in [2.75, 3.05) is 32.2 Å². The van der Waals surface area contributed by atoms with Crippen molar-refractivity contribution in [3.63, 3.8) is 0 Å². The van der Waals surface area contributed by atoms with Gasteiger partial charge >= 0.3 is 11.9 Å². The normalized spacial score (nSPS) is 12.1. The first kappa shape index (κ1) is 19.5. The number of anilines is 1. The van der Waals surface area contributed by atoms with Crippen LogP contribution in [0.25, 0.3) is 0 Å². The monoisotopic (exact) mass is 405 g/mol. The molecule has 0 radical (unpaired) electrons. The molecule has 2 aromatic rings. The Labute approximate surface area is 165 Å². The zero-order valence-corrected chi connectivity index (χ0v) is 15.6. The lowest BCUT2D eigenvalue weighted by Crippen LogP contribution is -2.21. The lowest BCUT2D eigenvalue weighted by molar-refractivity contribution is -0.119. The number of hydrogen-bond acceptors (Lipinski definition) is 7. The Morgan fingerprint density at radius 3 is 2.64 bits per heavy atom. The van der Waals surface area contributed by atoms with Crippen molar-refractivity contribution in [2.45, 2.75) is 0 Å². The summed E-state index contributed by atoms with van der Waals surface area (Å²) in [5.74, 6) is -1.13. The van der Waals surface area contributed by atoms with E-state index in [0.29, 0.717) is 30.4 Å².